The summed E-state index contributed by atoms with van der Waals surface area (Å²) >= 11 is 0. The quantitative estimate of drug-likeness (QED) is 0.133. The fourth-order valence-corrected chi connectivity index (χ4v) is 15.9. The van der Waals surface area contributed by atoms with Gasteiger partial charge in [0.15, 0.2) is 0 Å². The van der Waals surface area contributed by atoms with Crippen LogP contribution in [0.3, 0.4) is 0 Å². The molecule has 0 N–H and O–H groups in total. The zero-order valence-electron chi connectivity index (χ0n) is 95.3. The Labute approximate surface area is 864 Å². The van der Waals surface area contributed by atoms with Crippen molar-refractivity contribution in [2.24, 2.45) is 0 Å². The highest BCUT2D eigenvalue weighted by atomic mass is 14.2. The zero-order chi connectivity index (χ0) is 107. The van der Waals surface area contributed by atoms with Gasteiger partial charge in [-0.25, -0.2) is 0 Å². The van der Waals surface area contributed by atoms with Crippen LogP contribution in [-0.2, 0) is 0 Å². The molecule has 0 saturated carbocycles. The molecule has 750 valence electrons. The second-order valence-corrected chi connectivity index (χ2v) is 29.5. The predicted molar refractivity (Wildman–Crippen MR) is 665 cm³/mol. The maximum Gasteiger partial charge on any atom is -0.00697 e. The van der Waals surface area contributed by atoms with E-state index in [-0.39, 0.29) is 0 Å². The number of aryl methyl sites for hydroxylation is 8. The van der Waals surface area contributed by atoms with Crippen LogP contribution in [-0.4, -0.2) is 0 Å². The lowest BCUT2D eigenvalue weighted by Crippen LogP contribution is -1.85. The van der Waals surface area contributed by atoms with Crippen molar-refractivity contribution in [1.29, 1.82) is 0 Å². The summed E-state index contributed by atoms with van der Waals surface area (Å²) in [5.74, 6) is 0. The first-order valence-electron chi connectivity index (χ1n) is 54.0. The average molecular weight is 1890 g/mol. The number of hydrogen-bond donors (Lipinski definition) is 0. The molecule has 0 amide bonds. The molecule has 0 aliphatic rings. The summed E-state index contributed by atoms with van der Waals surface area (Å²) < 4.78 is 0. The Morgan fingerprint density at radius 3 is 0.711 bits per heavy atom. The molecule has 0 aromatic heterocycles. The van der Waals surface area contributed by atoms with Gasteiger partial charge >= 0.3 is 0 Å². The van der Waals surface area contributed by atoms with Crippen molar-refractivity contribution in [2.75, 3.05) is 0 Å². The summed E-state index contributed by atoms with van der Waals surface area (Å²) in [6.07, 6.45) is 0. The van der Waals surface area contributed by atoms with Gasteiger partial charge in [-0.3, -0.25) is 0 Å². The molecule has 0 radical (unpaired) electrons. The number of fused-ring (bicyclic) bond motifs is 23. The van der Waals surface area contributed by atoms with Crippen molar-refractivity contribution in [1.82, 2.24) is 0 Å². The smallest absolute Gasteiger partial charge is 0.00697 e. The molecule has 0 aliphatic carbocycles. The van der Waals surface area contributed by atoms with Gasteiger partial charge in [-0.1, -0.05) is 648 Å². The second-order valence-electron chi connectivity index (χ2n) is 29.5. The van der Waals surface area contributed by atoms with E-state index in [0.29, 0.717) is 0 Å². The van der Waals surface area contributed by atoms with E-state index >= 15 is 0 Å². The normalized spacial score (nSPS) is 9.20. The fraction of sp³-hybridized carbons (Fsp3) is 0.268. The molecule has 0 heteroatoms. The van der Waals surface area contributed by atoms with E-state index in [1.807, 2.05) is 226 Å². The molecule has 0 heterocycles. The third kappa shape index (κ3) is 37.5. The van der Waals surface area contributed by atoms with Crippen molar-refractivity contribution < 1.29 is 0 Å². The minimum absolute atomic E-state index is 1.31. The fourth-order valence-electron chi connectivity index (χ4n) is 15.9. The van der Waals surface area contributed by atoms with Gasteiger partial charge in [0.2, 0.25) is 0 Å². The molecule has 0 aliphatic heterocycles. The number of rotatable bonds is 0. The lowest BCUT2D eigenvalue weighted by Gasteiger charge is -2.11. The van der Waals surface area contributed by atoms with Crippen LogP contribution >= 0.6 is 0 Å². The van der Waals surface area contributed by atoms with Gasteiger partial charge < -0.3 is 0 Å². The van der Waals surface area contributed by atoms with E-state index in [4.69, 9.17) is 0 Å². The summed E-state index contributed by atoms with van der Waals surface area (Å²) in [6, 6.07) is 147. The van der Waals surface area contributed by atoms with E-state index in [2.05, 4.69) is 450 Å². The minimum atomic E-state index is 1.31. The Morgan fingerprint density at radius 1 is 0.0915 bits per heavy atom. The third-order valence-electron chi connectivity index (χ3n) is 21.5. The minimum Gasteiger partial charge on any atom is -0.0683 e. The Balaban J connectivity index is 0.00000155. The van der Waals surface area contributed by atoms with Gasteiger partial charge in [-0.05, 0) is 223 Å². The Hall–Kier alpha value is -13.5. The largest absolute Gasteiger partial charge is 0.0683 e. The first kappa shape index (κ1) is 128. The molecule has 0 nitrogen and oxygen atoms in total. The molecule has 0 saturated heterocycles. The second kappa shape index (κ2) is 77.2. The van der Waals surface area contributed by atoms with Gasteiger partial charge in [0.1, 0.15) is 0 Å². The number of hydrogen-bond acceptors (Lipinski definition) is 0. The first-order valence-corrected chi connectivity index (χ1v) is 54.0. The van der Waals surface area contributed by atoms with E-state index in [1.165, 1.54) is 195 Å². The van der Waals surface area contributed by atoms with Crippen LogP contribution in [0.15, 0.2) is 413 Å². The van der Waals surface area contributed by atoms with Crippen LogP contribution in [0.4, 0.5) is 0 Å². The van der Waals surface area contributed by atoms with Gasteiger partial charge in [0.25, 0.3) is 0 Å². The maximum atomic E-state index is 2.30. The highest BCUT2D eigenvalue weighted by Crippen LogP contribution is 2.39. The summed E-state index contributed by atoms with van der Waals surface area (Å²) in [7, 11) is 0. The van der Waals surface area contributed by atoms with Crippen LogP contribution in [0.2, 0.25) is 0 Å². The van der Waals surface area contributed by atoms with Gasteiger partial charge in [0.05, 0.1) is 0 Å². The lowest BCUT2D eigenvalue weighted by molar-refractivity contribution is 1.48. The van der Waals surface area contributed by atoms with Crippen LogP contribution < -0.4 is 0 Å². The molecular formula is C142H182. The SMILES string of the molecule is CC.CC.CC.CC.CC.CC.CC.CC.CC.CC.CC.CC.CC.CC.CC.Cc1cc2ccccc2c2ccccc12.Cc1ccc2c(ccc3ccccc32)c1.Cc1ccc2c3ccccc3c3ccccc3c2c1.Cc1ccc2ccc3ccccc3c2c1.Cc1ccc2ccccc2c1.Cc1cccc2c3ccccc3c3ccccc3c12.Cc1cccc2ccccc12.Cc1ccccc1. The van der Waals surface area contributed by atoms with E-state index < -0.39 is 0 Å². The Kier molecular flexibility index (Phi) is 69.9. The van der Waals surface area contributed by atoms with Crippen LogP contribution in [0.5, 0.6) is 0 Å². The summed E-state index contributed by atoms with van der Waals surface area (Å²) in [6.45, 7) is 77.1. The average Bonchev–Trinajstić information content (AvgIpc) is 0.743. The molecular weight excluding hydrogens is 1710 g/mol. The molecule has 0 atom stereocenters. The van der Waals surface area contributed by atoms with E-state index in [1.54, 1.807) is 0 Å². The van der Waals surface area contributed by atoms with Gasteiger partial charge in [-0.15, -0.1) is 0 Å². The molecule has 0 spiro atoms. The van der Waals surface area contributed by atoms with Crippen molar-refractivity contribution in [3.8, 4) is 0 Å². The Bertz CT molecular complexity index is 6940. The van der Waals surface area contributed by atoms with Crippen LogP contribution in [0.25, 0.3) is 151 Å². The molecule has 0 unspecified atom stereocenters. The van der Waals surface area contributed by atoms with Crippen molar-refractivity contribution in [3.63, 3.8) is 0 Å². The highest BCUT2D eigenvalue weighted by molar-refractivity contribution is 6.27. The molecule has 0 bridgehead atoms. The van der Waals surface area contributed by atoms with Crippen molar-refractivity contribution in [3.05, 3.63) is 457 Å². The molecule has 0 fully saturated rings. The summed E-state index contributed by atoms with van der Waals surface area (Å²) in [5, 5.41) is 37.6. The summed E-state index contributed by atoms with van der Waals surface area (Å²) in [4.78, 5) is 0. The topological polar surface area (TPSA) is 0 Å². The molecule has 142 heavy (non-hydrogen) atoms. The lowest BCUT2D eigenvalue weighted by atomic mass is 9.92. The predicted octanol–water partition coefficient (Wildman–Crippen LogP) is 47.5. The van der Waals surface area contributed by atoms with Crippen LogP contribution in [0, 0.1) is 55.4 Å². The van der Waals surface area contributed by atoms with Crippen molar-refractivity contribution >= 4 is 151 Å². The van der Waals surface area contributed by atoms with E-state index in [9.17, 15) is 0 Å². The van der Waals surface area contributed by atoms with Crippen LogP contribution in [0.1, 0.15) is 252 Å². The molecule has 22 aromatic rings. The third-order valence-corrected chi connectivity index (χ3v) is 21.5. The Morgan fingerprint density at radius 2 is 0.303 bits per heavy atom. The standard InChI is InChI=1S/2C19H14.3C15H12.2C11H10.C7H8.15C2H6/c1-13-7-6-12-18-16-9-3-2-8-14(16)15-10-4-5-11-17(15)19(13)18;1-13-10-11-18-16-8-3-2-6-14(16)15-7-4-5-9-17(15)19(18)12-13;1-11-10-12-6-2-3-8-14(12)15-9-5-4-7-13(11)15;1-11-6-9-15-13(10-11)8-7-12-4-2-3-5-14(12)15;1-11-6-7-13-9-8-12-4-2-3-5-14(12)15(13)10-11;1-9-5-4-7-10-6-2-3-8-11(9)10;1-9-6-7-10-4-2-3-5-11(10)8-9;1-7-5-3-2-4-6-7;15*1-2/h2*2-12H,1H3;3*2-10H,1H3;2*2-8H,1H3;2-6H,1H3;15*1-2H3. The van der Waals surface area contributed by atoms with Gasteiger partial charge in [-0.2, -0.15) is 0 Å². The van der Waals surface area contributed by atoms with Crippen molar-refractivity contribution in [2.45, 2.75) is 263 Å². The summed E-state index contributed by atoms with van der Waals surface area (Å²) in [5.41, 5.74) is 10.6. The zero-order valence-corrected chi connectivity index (χ0v) is 95.3. The van der Waals surface area contributed by atoms with E-state index in [0.717, 1.165) is 0 Å². The van der Waals surface area contributed by atoms with Gasteiger partial charge in [0, 0.05) is 0 Å². The maximum absolute atomic E-state index is 2.30. The molecule has 22 rings (SSSR count). The number of benzene rings is 22. The first-order chi connectivity index (χ1) is 69.9. The highest BCUT2D eigenvalue weighted by Gasteiger charge is 2.11. The monoisotopic (exact) mass is 1890 g/mol. The molecule has 22 aromatic carbocycles.